The molecule has 6 nitrogen and oxygen atoms in total. The van der Waals surface area contributed by atoms with Crippen molar-refractivity contribution >= 4 is 33.6 Å². The first-order valence-electron chi connectivity index (χ1n) is 5.18. The van der Waals surface area contributed by atoms with Crippen LogP contribution in [0.5, 0.6) is 0 Å². The van der Waals surface area contributed by atoms with Crippen LogP contribution in [-0.2, 0) is 9.53 Å². The number of anilines is 1. The van der Waals surface area contributed by atoms with Gasteiger partial charge in [-0.05, 0) is 18.2 Å². The predicted molar refractivity (Wildman–Crippen MR) is 69.6 cm³/mol. The average Bonchev–Trinajstić information content (AvgIpc) is 2.33. The number of ether oxygens (including phenoxy) is 1. The zero-order valence-corrected chi connectivity index (χ0v) is 11.5. The minimum Gasteiger partial charge on any atom is -0.480 e. The van der Waals surface area contributed by atoms with Gasteiger partial charge < -0.3 is 20.5 Å². The Morgan fingerprint density at radius 3 is 2.79 bits per heavy atom. The predicted octanol–water partition coefficient (Wildman–Crippen LogP) is 1.81. The first-order valence-corrected chi connectivity index (χ1v) is 5.97. The molecule has 1 atom stereocenters. The van der Waals surface area contributed by atoms with Crippen molar-refractivity contribution in [3.05, 3.63) is 28.5 Å². The molecule has 1 aromatic carbocycles. The number of carboxylic acid groups (broad SMARTS) is 1. The number of amides is 2. The Labute approximate surface area is 117 Å². The third kappa shape index (κ3) is 4.84. The largest absolute Gasteiger partial charge is 0.480 e. The zero-order chi connectivity index (χ0) is 14.4. The maximum absolute atomic E-state index is 13.4. The Morgan fingerprint density at radius 1 is 1.53 bits per heavy atom. The minimum absolute atomic E-state index is 0.0616. The molecule has 1 rings (SSSR count). The Bertz CT molecular complexity index is 484. The monoisotopic (exact) mass is 334 g/mol. The lowest BCUT2D eigenvalue weighted by molar-refractivity contribution is -0.140. The number of halogens is 2. The lowest BCUT2D eigenvalue weighted by Gasteiger charge is -2.14. The first kappa shape index (κ1) is 15.4. The fourth-order valence-electron chi connectivity index (χ4n) is 1.25. The summed E-state index contributed by atoms with van der Waals surface area (Å²) in [6.07, 6.45) is 0. The van der Waals surface area contributed by atoms with Gasteiger partial charge in [0, 0.05) is 11.6 Å². The molecule has 0 radical (unpaired) electrons. The number of carbonyl (C=O) groups is 2. The van der Waals surface area contributed by atoms with E-state index in [4.69, 9.17) is 5.11 Å². The van der Waals surface area contributed by atoms with Crippen LogP contribution < -0.4 is 10.6 Å². The number of nitrogens with one attached hydrogen (secondary N) is 2. The van der Waals surface area contributed by atoms with E-state index >= 15 is 0 Å². The lowest BCUT2D eigenvalue weighted by Crippen LogP contribution is -2.45. The van der Waals surface area contributed by atoms with Crippen LogP contribution in [0.2, 0.25) is 0 Å². The summed E-state index contributed by atoms with van der Waals surface area (Å²) in [7, 11) is 1.31. The van der Waals surface area contributed by atoms with Crippen molar-refractivity contribution in [2.24, 2.45) is 0 Å². The van der Waals surface area contributed by atoms with Gasteiger partial charge in [-0.25, -0.2) is 14.0 Å². The quantitative estimate of drug-likeness (QED) is 0.766. The standard InChI is InChI=1S/C11H12BrFN2O4/c1-19-5-9(10(16)17)15-11(18)14-8-4-6(12)2-3-7(8)13/h2-4,9H,5H2,1H3,(H,16,17)(H2,14,15,18). The molecule has 0 aliphatic rings. The number of rotatable bonds is 5. The molecule has 0 saturated carbocycles. The van der Waals surface area contributed by atoms with Crippen molar-refractivity contribution in [1.82, 2.24) is 5.32 Å². The van der Waals surface area contributed by atoms with Gasteiger partial charge in [-0.15, -0.1) is 0 Å². The topological polar surface area (TPSA) is 87.7 Å². The summed E-state index contributed by atoms with van der Waals surface area (Å²) in [6.45, 7) is -0.191. The van der Waals surface area contributed by atoms with Gasteiger partial charge in [0.05, 0.1) is 12.3 Å². The summed E-state index contributed by atoms with van der Waals surface area (Å²) in [5, 5.41) is 13.2. The number of carbonyl (C=O) groups excluding carboxylic acids is 1. The minimum atomic E-state index is -1.24. The van der Waals surface area contributed by atoms with Gasteiger partial charge in [0.15, 0.2) is 6.04 Å². The summed E-state index contributed by atoms with van der Waals surface area (Å²) in [5.41, 5.74) is -0.0616. The van der Waals surface area contributed by atoms with Crippen molar-refractivity contribution in [2.75, 3.05) is 19.0 Å². The maximum Gasteiger partial charge on any atom is 0.328 e. The van der Waals surface area contributed by atoms with E-state index < -0.39 is 23.9 Å². The lowest BCUT2D eigenvalue weighted by atomic mass is 10.3. The number of carboxylic acids is 1. The fraction of sp³-hybridized carbons (Fsp3) is 0.273. The summed E-state index contributed by atoms with van der Waals surface area (Å²) in [4.78, 5) is 22.3. The van der Waals surface area contributed by atoms with Gasteiger partial charge in [0.1, 0.15) is 5.82 Å². The van der Waals surface area contributed by atoms with E-state index in [1.807, 2.05) is 0 Å². The second kappa shape index (κ2) is 7.05. The van der Waals surface area contributed by atoms with Gasteiger partial charge >= 0.3 is 12.0 Å². The first-order chi connectivity index (χ1) is 8.93. The molecule has 1 aromatic rings. The number of hydrogen-bond donors (Lipinski definition) is 3. The highest BCUT2D eigenvalue weighted by Gasteiger charge is 2.20. The van der Waals surface area contributed by atoms with E-state index in [0.29, 0.717) is 4.47 Å². The highest BCUT2D eigenvalue weighted by atomic mass is 79.9. The van der Waals surface area contributed by atoms with Gasteiger partial charge in [-0.3, -0.25) is 0 Å². The van der Waals surface area contributed by atoms with Crippen molar-refractivity contribution in [1.29, 1.82) is 0 Å². The molecule has 1 unspecified atom stereocenters. The average molecular weight is 335 g/mol. The number of aliphatic carboxylic acids is 1. The van der Waals surface area contributed by atoms with E-state index in [9.17, 15) is 14.0 Å². The molecule has 3 N–H and O–H groups in total. The van der Waals surface area contributed by atoms with Gasteiger partial charge in [-0.2, -0.15) is 0 Å². The van der Waals surface area contributed by atoms with Crippen LogP contribution >= 0.6 is 15.9 Å². The second-order valence-corrected chi connectivity index (χ2v) is 4.48. The highest BCUT2D eigenvalue weighted by Crippen LogP contribution is 2.19. The third-order valence-corrected chi connectivity index (χ3v) is 2.61. The third-order valence-electron chi connectivity index (χ3n) is 2.11. The van der Waals surface area contributed by atoms with Crippen LogP contribution in [0.25, 0.3) is 0 Å². The summed E-state index contributed by atoms with van der Waals surface area (Å²) < 4.78 is 18.6. The molecular formula is C11H12BrFN2O4. The van der Waals surface area contributed by atoms with Gasteiger partial charge in [0.2, 0.25) is 0 Å². The van der Waals surface area contributed by atoms with Gasteiger partial charge in [-0.1, -0.05) is 15.9 Å². The van der Waals surface area contributed by atoms with Crippen LogP contribution in [0.15, 0.2) is 22.7 Å². The molecule has 0 bridgehead atoms. The normalized spacial score (nSPS) is 11.7. The summed E-state index contributed by atoms with van der Waals surface area (Å²) in [5.74, 6) is -1.87. The molecule has 0 aliphatic carbocycles. The summed E-state index contributed by atoms with van der Waals surface area (Å²) in [6, 6.07) is 1.97. The van der Waals surface area contributed by atoms with E-state index in [1.54, 1.807) is 0 Å². The van der Waals surface area contributed by atoms with Crippen LogP contribution in [0.3, 0.4) is 0 Å². The molecule has 0 aromatic heterocycles. The number of benzene rings is 1. The Morgan fingerprint density at radius 2 is 2.21 bits per heavy atom. The van der Waals surface area contributed by atoms with Crippen molar-refractivity contribution in [3.63, 3.8) is 0 Å². The molecule has 0 aliphatic heterocycles. The van der Waals surface area contributed by atoms with Crippen molar-refractivity contribution in [2.45, 2.75) is 6.04 Å². The van der Waals surface area contributed by atoms with E-state index in [0.717, 1.165) is 0 Å². The molecule has 0 saturated heterocycles. The van der Waals surface area contributed by atoms with Crippen molar-refractivity contribution < 1.29 is 23.8 Å². The van der Waals surface area contributed by atoms with E-state index in [-0.39, 0.29) is 12.3 Å². The fourth-order valence-corrected chi connectivity index (χ4v) is 1.61. The van der Waals surface area contributed by atoms with Crippen LogP contribution in [0.4, 0.5) is 14.9 Å². The number of urea groups is 1. The Kier molecular flexibility index (Phi) is 5.71. The number of methoxy groups -OCH3 is 1. The molecule has 0 spiro atoms. The van der Waals surface area contributed by atoms with Crippen LogP contribution in [-0.4, -0.2) is 36.9 Å². The maximum atomic E-state index is 13.4. The molecule has 2 amide bonds. The number of hydrogen-bond acceptors (Lipinski definition) is 3. The molecule has 0 fully saturated rings. The highest BCUT2D eigenvalue weighted by molar-refractivity contribution is 9.10. The van der Waals surface area contributed by atoms with E-state index in [1.165, 1.54) is 25.3 Å². The van der Waals surface area contributed by atoms with E-state index in [2.05, 4.69) is 31.3 Å². The molecule has 8 heteroatoms. The molecule has 19 heavy (non-hydrogen) atoms. The van der Waals surface area contributed by atoms with Crippen molar-refractivity contribution in [3.8, 4) is 0 Å². The molecular weight excluding hydrogens is 323 g/mol. The molecule has 104 valence electrons. The SMILES string of the molecule is COCC(NC(=O)Nc1cc(Br)ccc1F)C(=O)O. The smallest absolute Gasteiger partial charge is 0.328 e. The van der Waals surface area contributed by atoms with Crippen LogP contribution in [0.1, 0.15) is 0 Å². The summed E-state index contributed by atoms with van der Waals surface area (Å²) >= 11 is 3.13. The van der Waals surface area contributed by atoms with Crippen LogP contribution in [0, 0.1) is 5.82 Å². The second-order valence-electron chi connectivity index (χ2n) is 3.57. The van der Waals surface area contributed by atoms with Gasteiger partial charge in [0.25, 0.3) is 0 Å². The Balaban J connectivity index is 2.68. The Hall–Kier alpha value is -1.67. The zero-order valence-electron chi connectivity index (χ0n) is 9.94. The molecule has 0 heterocycles.